The van der Waals surface area contributed by atoms with Crippen molar-refractivity contribution in [1.82, 2.24) is 10.3 Å². The summed E-state index contributed by atoms with van der Waals surface area (Å²) in [6.07, 6.45) is 7.43. The third-order valence-corrected chi connectivity index (χ3v) is 2.94. The van der Waals surface area contributed by atoms with Crippen molar-refractivity contribution in [2.75, 3.05) is 23.7 Å². The smallest absolute Gasteiger partial charge is 0.221 e. The van der Waals surface area contributed by atoms with Crippen molar-refractivity contribution < 1.29 is 4.79 Å². The molecule has 5 nitrogen and oxygen atoms in total. The van der Waals surface area contributed by atoms with E-state index in [9.17, 15) is 4.79 Å². The van der Waals surface area contributed by atoms with Crippen LogP contribution in [0.5, 0.6) is 0 Å². The first-order valence-corrected chi connectivity index (χ1v) is 7.00. The number of nitrogens with zero attached hydrogens (tertiary/aromatic N) is 1. The minimum Gasteiger partial charge on any atom is -0.384 e. The first-order chi connectivity index (χ1) is 9.28. The van der Waals surface area contributed by atoms with Gasteiger partial charge in [-0.25, -0.2) is 0 Å². The summed E-state index contributed by atoms with van der Waals surface area (Å²) in [5.74, 6) is 0.128. The van der Waals surface area contributed by atoms with Gasteiger partial charge in [0.1, 0.15) is 0 Å². The number of pyridine rings is 1. The van der Waals surface area contributed by atoms with Crippen LogP contribution < -0.4 is 16.0 Å². The lowest BCUT2D eigenvalue weighted by Gasteiger charge is -2.09. The molecule has 3 N–H and O–H groups in total. The van der Waals surface area contributed by atoms with Crippen LogP contribution in [0.1, 0.15) is 32.6 Å². The molecule has 0 radical (unpaired) electrons. The molecule has 1 aliphatic carbocycles. The fourth-order valence-electron chi connectivity index (χ4n) is 1.75. The van der Waals surface area contributed by atoms with Crippen LogP contribution in [0.4, 0.5) is 11.4 Å². The maximum absolute atomic E-state index is 11.5. The van der Waals surface area contributed by atoms with Gasteiger partial charge in [-0.1, -0.05) is 6.92 Å². The number of carbonyl (C=O) groups excluding carboxylic acids is 1. The highest BCUT2D eigenvalue weighted by Gasteiger charge is 2.22. The summed E-state index contributed by atoms with van der Waals surface area (Å²) in [6, 6.07) is 2.46. The predicted molar refractivity (Wildman–Crippen MR) is 77.3 cm³/mol. The average Bonchev–Trinajstić information content (AvgIpc) is 3.21. The van der Waals surface area contributed by atoms with Crippen molar-refractivity contribution in [2.45, 2.75) is 38.6 Å². The Hall–Kier alpha value is -1.78. The van der Waals surface area contributed by atoms with Gasteiger partial charge in [-0.2, -0.15) is 0 Å². The quantitative estimate of drug-likeness (QED) is 0.670. The summed E-state index contributed by atoms with van der Waals surface area (Å²) in [6.45, 7) is 3.70. The SMILES string of the molecule is CCCNc1cncc(NCCC(=O)NC2CC2)c1. The van der Waals surface area contributed by atoms with E-state index in [0.717, 1.165) is 37.2 Å². The molecular weight excluding hydrogens is 240 g/mol. The molecule has 0 saturated heterocycles. The molecule has 1 aromatic rings. The number of nitrogens with one attached hydrogen (secondary N) is 3. The molecule has 0 aromatic carbocycles. The first-order valence-electron chi connectivity index (χ1n) is 7.00. The topological polar surface area (TPSA) is 66.0 Å². The van der Waals surface area contributed by atoms with Crippen LogP contribution in [0.3, 0.4) is 0 Å². The van der Waals surface area contributed by atoms with E-state index in [0.29, 0.717) is 19.0 Å². The summed E-state index contributed by atoms with van der Waals surface area (Å²) in [4.78, 5) is 15.7. The van der Waals surface area contributed by atoms with Crippen LogP contribution in [0.25, 0.3) is 0 Å². The van der Waals surface area contributed by atoms with Gasteiger partial charge in [-0.3, -0.25) is 9.78 Å². The number of hydrogen-bond donors (Lipinski definition) is 3. The number of aromatic nitrogens is 1. The second-order valence-corrected chi connectivity index (χ2v) is 4.91. The highest BCUT2D eigenvalue weighted by Crippen LogP contribution is 2.18. The number of amides is 1. The molecule has 5 heteroatoms. The molecule has 104 valence electrons. The Bertz CT molecular complexity index is 418. The van der Waals surface area contributed by atoms with Crippen LogP contribution >= 0.6 is 0 Å². The Morgan fingerprint density at radius 1 is 1.26 bits per heavy atom. The number of hydrogen-bond acceptors (Lipinski definition) is 4. The Morgan fingerprint density at radius 3 is 2.58 bits per heavy atom. The van der Waals surface area contributed by atoms with E-state index in [-0.39, 0.29) is 5.91 Å². The maximum Gasteiger partial charge on any atom is 0.221 e. The summed E-state index contributed by atoms with van der Waals surface area (Å²) in [7, 11) is 0. The third-order valence-electron chi connectivity index (χ3n) is 2.94. The molecular formula is C14H22N4O. The van der Waals surface area contributed by atoms with Crippen LogP contribution in [-0.4, -0.2) is 30.0 Å². The lowest BCUT2D eigenvalue weighted by atomic mass is 10.3. The molecule has 1 aromatic heterocycles. The standard InChI is InChI=1S/C14H22N4O/c1-2-6-16-12-8-13(10-15-9-12)17-7-5-14(19)18-11-3-4-11/h8-11,16-17H,2-7H2,1H3,(H,18,19). The van der Waals surface area contributed by atoms with Crippen molar-refractivity contribution in [3.8, 4) is 0 Å². The van der Waals surface area contributed by atoms with E-state index in [1.54, 1.807) is 12.4 Å². The predicted octanol–water partition coefficient (Wildman–Crippen LogP) is 1.98. The molecule has 19 heavy (non-hydrogen) atoms. The van der Waals surface area contributed by atoms with Gasteiger partial charge in [0.15, 0.2) is 0 Å². The largest absolute Gasteiger partial charge is 0.384 e. The molecule has 0 aliphatic heterocycles. The van der Waals surface area contributed by atoms with Crippen LogP contribution in [0.15, 0.2) is 18.5 Å². The Kier molecular flexibility index (Phi) is 5.01. The second kappa shape index (κ2) is 6.97. The average molecular weight is 262 g/mol. The number of rotatable bonds is 8. The molecule has 1 amide bonds. The Balaban J connectivity index is 1.70. The zero-order valence-electron chi connectivity index (χ0n) is 11.4. The van der Waals surface area contributed by atoms with E-state index in [2.05, 4.69) is 27.9 Å². The molecule has 2 rings (SSSR count). The zero-order valence-corrected chi connectivity index (χ0v) is 11.4. The second-order valence-electron chi connectivity index (χ2n) is 4.91. The molecule has 1 saturated carbocycles. The Labute approximate surface area is 114 Å². The van der Waals surface area contributed by atoms with Crippen molar-refractivity contribution >= 4 is 17.3 Å². The molecule has 0 atom stereocenters. The third kappa shape index (κ3) is 5.16. The van der Waals surface area contributed by atoms with Gasteiger partial charge in [-0.05, 0) is 25.3 Å². The molecule has 1 aliphatic rings. The monoisotopic (exact) mass is 262 g/mol. The van der Waals surface area contributed by atoms with Gasteiger partial charge in [0.25, 0.3) is 0 Å². The van der Waals surface area contributed by atoms with Gasteiger partial charge in [-0.15, -0.1) is 0 Å². The van der Waals surface area contributed by atoms with E-state index in [1.165, 1.54) is 0 Å². The van der Waals surface area contributed by atoms with Gasteiger partial charge in [0.05, 0.1) is 23.8 Å². The molecule has 0 bridgehead atoms. The van der Waals surface area contributed by atoms with E-state index in [4.69, 9.17) is 0 Å². The number of carbonyl (C=O) groups is 1. The fraction of sp³-hybridized carbons (Fsp3) is 0.571. The van der Waals surface area contributed by atoms with E-state index >= 15 is 0 Å². The van der Waals surface area contributed by atoms with Crippen molar-refractivity contribution in [3.05, 3.63) is 18.5 Å². The van der Waals surface area contributed by atoms with Crippen molar-refractivity contribution in [1.29, 1.82) is 0 Å². The highest BCUT2D eigenvalue weighted by atomic mass is 16.1. The number of anilines is 2. The molecule has 0 spiro atoms. The zero-order chi connectivity index (χ0) is 13.5. The molecule has 0 unspecified atom stereocenters. The summed E-state index contributed by atoms with van der Waals surface area (Å²) in [5.41, 5.74) is 1.95. The normalized spacial score (nSPS) is 13.9. The van der Waals surface area contributed by atoms with Gasteiger partial charge in [0, 0.05) is 25.6 Å². The van der Waals surface area contributed by atoms with Gasteiger partial charge >= 0.3 is 0 Å². The van der Waals surface area contributed by atoms with Crippen LogP contribution in [0, 0.1) is 0 Å². The van der Waals surface area contributed by atoms with Crippen molar-refractivity contribution in [3.63, 3.8) is 0 Å². The molecule has 1 heterocycles. The maximum atomic E-state index is 11.5. The summed E-state index contributed by atoms with van der Waals surface area (Å²) in [5, 5.41) is 9.48. The van der Waals surface area contributed by atoms with Gasteiger partial charge in [0.2, 0.25) is 5.91 Å². The van der Waals surface area contributed by atoms with E-state index < -0.39 is 0 Å². The van der Waals surface area contributed by atoms with Gasteiger partial charge < -0.3 is 16.0 Å². The van der Waals surface area contributed by atoms with Crippen molar-refractivity contribution in [2.24, 2.45) is 0 Å². The lowest BCUT2D eigenvalue weighted by Crippen LogP contribution is -2.27. The highest BCUT2D eigenvalue weighted by molar-refractivity contribution is 5.77. The van der Waals surface area contributed by atoms with E-state index in [1.807, 2.05) is 6.07 Å². The fourth-order valence-corrected chi connectivity index (χ4v) is 1.75. The van der Waals surface area contributed by atoms with Crippen LogP contribution in [-0.2, 0) is 4.79 Å². The first kappa shape index (κ1) is 13.6. The Morgan fingerprint density at radius 2 is 1.95 bits per heavy atom. The lowest BCUT2D eigenvalue weighted by molar-refractivity contribution is -0.120. The van der Waals surface area contributed by atoms with Crippen LogP contribution in [0.2, 0.25) is 0 Å². The summed E-state index contributed by atoms with van der Waals surface area (Å²) < 4.78 is 0. The summed E-state index contributed by atoms with van der Waals surface area (Å²) >= 11 is 0. The molecule has 1 fully saturated rings. The minimum absolute atomic E-state index is 0.128. The minimum atomic E-state index is 0.128.